The SMILES string of the molecule is N#Cc1ccccc1-c1nc(-c2ccccc2)nc(-c2cccc(-c3cc(-c4ccccc4)c4c(c3-c3ccccc3)-c3cccc5cccc-4c35)c2)n1. The van der Waals surface area contributed by atoms with Crippen LogP contribution in [0.4, 0.5) is 0 Å². The molecule has 54 heavy (non-hydrogen) atoms. The van der Waals surface area contributed by atoms with Crippen molar-refractivity contribution in [1.29, 1.82) is 5.26 Å². The number of nitriles is 1. The summed E-state index contributed by atoms with van der Waals surface area (Å²) in [6, 6.07) is 65.3. The molecule has 0 saturated carbocycles. The topological polar surface area (TPSA) is 62.5 Å². The summed E-state index contributed by atoms with van der Waals surface area (Å²) in [4.78, 5) is 15.0. The van der Waals surface area contributed by atoms with E-state index in [2.05, 4.69) is 133 Å². The van der Waals surface area contributed by atoms with E-state index in [9.17, 15) is 5.26 Å². The van der Waals surface area contributed by atoms with E-state index in [1.807, 2.05) is 48.5 Å². The van der Waals surface area contributed by atoms with Crippen molar-refractivity contribution in [2.75, 3.05) is 0 Å². The summed E-state index contributed by atoms with van der Waals surface area (Å²) in [7, 11) is 0. The fraction of sp³-hybridized carbons (Fsp3) is 0. The van der Waals surface area contributed by atoms with E-state index in [4.69, 9.17) is 15.0 Å². The van der Waals surface area contributed by atoms with Crippen LogP contribution < -0.4 is 0 Å². The van der Waals surface area contributed by atoms with E-state index in [0.29, 0.717) is 28.6 Å². The smallest absolute Gasteiger partial charge is 0.165 e. The van der Waals surface area contributed by atoms with Gasteiger partial charge in [-0.25, -0.2) is 15.0 Å². The van der Waals surface area contributed by atoms with Crippen molar-refractivity contribution in [3.05, 3.63) is 188 Å². The summed E-state index contributed by atoms with van der Waals surface area (Å²) in [6.07, 6.45) is 0. The quantitative estimate of drug-likeness (QED) is 0.175. The van der Waals surface area contributed by atoms with Crippen LogP contribution in [0.15, 0.2) is 182 Å². The van der Waals surface area contributed by atoms with Gasteiger partial charge in [-0.05, 0) is 90.7 Å². The first-order valence-electron chi connectivity index (χ1n) is 18.0. The molecular weight excluding hydrogens is 657 g/mol. The number of nitrogens with zero attached hydrogens (tertiary/aromatic N) is 4. The van der Waals surface area contributed by atoms with Gasteiger partial charge in [-0.3, -0.25) is 0 Å². The van der Waals surface area contributed by atoms with Crippen LogP contribution in [-0.2, 0) is 0 Å². The summed E-state index contributed by atoms with van der Waals surface area (Å²) < 4.78 is 0. The minimum absolute atomic E-state index is 0.459. The summed E-state index contributed by atoms with van der Waals surface area (Å²) in [5.74, 6) is 1.55. The highest BCUT2D eigenvalue weighted by atomic mass is 15.0. The number of benzene rings is 8. The molecule has 8 aromatic carbocycles. The number of hydrogen-bond acceptors (Lipinski definition) is 4. The lowest BCUT2D eigenvalue weighted by Gasteiger charge is -2.21. The van der Waals surface area contributed by atoms with Gasteiger partial charge in [-0.1, -0.05) is 158 Å². The summed E-state index contributed by atoms with van der Waals surface area (Å²) >= 11 is 0. The molecule has 0 radical (unpaired) electrons. The van der Waals surface area contributed by atoms with Gasteiger partial charge in [0.15, 0.2) is 17.5 Å². The molecule has 0 amide bonds. The zero-order valence-corrected chi connectivity index (χ0v) is 29.1. The highest BCUT2D eigenvalue weighted by molar-refractivity contribution is 6.22. The minimum Gasteiger partial charge on any atom is -0.208 e. The molecule has 1 aliphatic rings. The number of fused-ring (bicyclic) bond motifs is 3. The van der Waals surface area contributed by atoms with Crippen molar-refractivity contribution in [1.82, 2.24) is 15.0 Å². The Labute approximate surface area is 313 Å². The van der Waals surface area contributed by atoms with E-state index >= 15 is 0 Å². The van der Waals surface area contributed by atoms with Crippen molar-refractivity contribution in [3.8, 4) is 95.9 Å². The Bertz CT molecular complexity index is 2920. The van der Waals surface area contributed by atoms with Crippen molar-refractivity contribution in [2.45, 2.75) is 0 Å². The third kappa shape index (κ3) is 5.19. The summed E-state index contributed by atoms with van der Waals surface area (Å²) in [5, 5.41) is 12.5. The maximum absolute atomic E-state index is 9.99. The standard InChI is InChI=1S/C50H30N4/c51-31-38-21-10-11-26-39(38)50-53-48(35-19-8-3-9-20-35)52-49(54-50)37-25-12-24-36(29-37)43-30-42(32-15-4-1-5-16-32)46-40-27-13-22-33-23-14-28-41(44(33)40)47(46)45(43)34-17-6-2-7-18-34/h1-30H. The van der Waals surface area contributed by atoms with Crippen LogP contribution in [0.1, 0.15) is 5.56 Å². The second-order valence-electron chi connectivity index (χ2n) is 13.4. The van der Waals surface area contributed by atoms with E-state index in [-0.39, 0.29) is 0 Å². The van der Waals surface area contributed by atoms with Gasteiger partial charge < -0.3 is 0 Å². The fourth-order valence-electron chi connectivity index (χ4n) is 7.91. The van der Waals surface area contributed by atoms with E-state index in [1.165, 1.54) is 49.7 Å². The Morgan fingerprint density at radius 1 is 0.333 bits per heavy atom. The second kappa shape index (κ2) is 12.9. The van der Waals surface area contributed by atoms with Crippen LogP contribution >= 0.6 is 0 Å². The van der Waals surface area contributed by atoms with Gasteiger partial charge in [-0.2, -0.15) is 5.26 Å². The molecule has 4 heteroatoms. The molecule has 0 fully saturated rings. The first-order valence-corrected chi connectivity index (χ1v) is 18.0. The molecule has 1 heterocycles. The largest absolute Gasteiger partial charge is 0.208 e. The van der Waals surface area contributed by atoms with Crippen LogP contribution in [0, 0.1) is 11.3 Å². The van der Waals surface area contributed by atoms with Crippen LogP contribution in [0.3, 0.4) is 0 Å². The lowest BCUT2D eigenvalue weighted by molar-refractivity contribution is 1.07. The van der Waals surface area contributed by atoms with Gasteiger partial charge in [-0.15, -0.1) is 0 Å². The van der Waals surface area contributed by atoms with E-state index in [0.717, 1.165) is 27.8 Å². The third-order valence-electron chi connectivity index (χ3n) is 10.3. The Morgan fingerprint density at radius 2 is 0.833 bits per heavy atom. The van der Waals surface area contributed by atoms with Crippen molar-refractivity contribution >= 4 is 10.8 Å². The summed E-state index contributed by atoms with van der Waals surface area (Å²) in [6.45, 7) is 0. The molecule has 0 spiro atoms. The van der Waals surface area contributed by atoms with Crippen LogP contribution in [0.2, 0.25) is 0 Å². The Hall–Kier alpha value is -7.48. The molecule has 1 aromatic heterocycles. The molecule has 1 aliphatic carbocycles. The molecule has 0 N–H and O–H groups in total. The van der Waals surface area contributed by atoms with Crippen LogP contribution in [-0.4, -0.2) is 15.0 Å². The van der Waals surface area contributed by atoms with Gasteiger partial charge in [0.05, 0.1) is 11.6 Å². The first-order chi connectivity index (χ1) is 26.7. The van der Waals surface area contributed by atoms with Crippen molar-refractivity contribution in [3.63, 3.8) is 0 Å². The average Bonchev–Trinajstić information content (AvgIpc) is 3.59. The number of hydrogen-bond donors (Lipinski definition) is 0. The van der Waals surface area contributed by atoms with Crippen molar-refractivity contribution in [2.24, 2.45) is 0 Å². The van der Waals surface area contributed by atoms with E-state index < -0.39 is 0 Å². The third-order valence-corrected chi connectivity index (χ3v) is 10.3. The highest BCUT2D eigenvalue weighted by Crippen LogP contribution is 2.57. The molecule has 0 aliphatic heterocycles. The zero-order chi connectivity index (χ0) is 36.0. The molecule has 250 valence electrons. The maximum Gasteiger partial charge on any atom is 0.165 e. The maximum atomic E-state index is 9.99. The molecule has 9 aromatic rings. The molecule has 0 unspecified atom stereocenters. The van der Waals surface area contributed by atoms with E-state index in [1.54, 1.807) is 6.07 Å². The lowest BCUT2D eigenvalue weighted by Crippen LogP contribution is -2.01. The van der Waals surface area contributed by atoms with Gasteiger partial charge >= 0.3 is 0 Å². The first kappa shape index (κ1) is 31.3. The van der Waals surface area contributed by atoms with Crippen molar-refractivity contribution < 1.29 is 0 Å². The number of aromatic nitrogens is 3. The summed E-state index contributed by atoms with van der Waals surface area (Å²) in [5.41, 5.74) is 14.8. The molecular formula is C50H30N4. The minimum atomic E-state index is 0.459. The predicted molar refractivity (Wildman–Crippen MR) is 219 cm³/mol. The Balaban J connectivity index is 1.25. The van der Waals surface area contributed by atoms with Crippen LogP contribution in [0.5, 0.6) is 0 Å². The zero-order valence-electron chi connectivity index (χ0n) is 29.1. The highest BCUT2D eigenvalue weighted by Gasteiger charge is 2.30. The fourth-order valence-corrected chi connectivity index (χ4v) is 7.91. The van der Waals surface area contributed by atoms with Gasteiger partial charge in [0.1, 0.15) is 0 Å². The number of rotatable bonds is 6. The van der Waals surface area contributed by atoms with Gasteiger partial charge in [0.2, 0.25) is 0 Å². The normalized spacial score (nSPS) is 11.3. The van der Waals surface area contributed by atoms with Gasteiger partial charge in [0.25, 0.3) is 0 Å². The molecule has 10 rings (SSSR count). The molecule has 0 atom stereocenters. The Kier molecular flexibility index (Phi) is 7.49. The molecule has 0 saturated heterocycles. The lowest BCUT2D eigenvalue weighted by atomic mass is 9.82. The van der Waals surface area contributed by atoms with Crippen LogP contribution in [0.25, 0.3) is 101 Å². The molecule has 0 bridgehead atoms. The average molecular weight is 687 g/mol. The molecule has 4 nitrogen and oxygen atoms in total. The predicted octanol–water partition coefficient (Wildman–Crippen LogP) is 12.5. The monoisotopic (exact) mass is 686 g/mol. The second-order valence-corrected chi connectivity index (χ2v) is 13.4. The Morgan fingerprint density at radius 3 is 1.54 bits per heavy atom. The van der Waals surface area contributed by atoms with Gasteiger partial charge in [0, 0.05) is 16.7 Å².